The van der Waals surface area contributed by atoms with Gasteiger partial charge < -0.3 is 10.2 Å². The lowest BCUT2D eigenvalue weighted by molar-refractivity contribution is 0.0287. The van der Waals surface area contributed by atoms with E-state index in [-0.39, 0.29) is 0 Å². The van der Waals surface area contributed by atoms with Crippen LogP contribution in [0, 0.1) is 22.2 Å². The molecular weight excluding hydrogens is 268 g/mol. The molecule has 0 amide bonds. The van der Waals surface area contributed by atoms with E-state index in [4.69, 9.17) is 0 Å². The van der Waals surface area contributed by atoms with Gasteiger partial charge in [-0.15, -0.1) is 0 Å². The molecule has 0 aliphatic carbocycles. The number of rotatable bonds is 7. The van der Waals surface area contributed by atoms with Crippen molar-refractivity contribution >= 4 is 0 Å². The fourth-order valence-electron chi connectivity index (χ4n) is 5.12. The van der Waals surface area contributed by atoms with E-state index in [0.717, 1.165) is 0 Å². The summed E-state index contributed by atoms with van der Waals surface area (Å²) in [5.74, 6) is 0.687. The van der Waals surface area contributed by atoms with Crippen molar-refractivity contribution in [1.82, 2.24) is 10.2 Å². The predicted octanol–water partition coefficient (Wildman–Crippen LogP) is 5.04. The minimum Gasteiger partial charge on any atom is -0.316 e. The van der Waals surface area contributed by atoms with Crippen LogP contribution in [0.5, 0.6) is 0 Å². The van der Waals surface area contributed by atoms with Gasteiger partial charge in [0.1, 0.15) is 0 Å². The Morgan fingerprint density at radius 3 is 1.59 bits per heavy atom. The van der Waals surface area contributed by atoms with E-state index in [9.17, 15) is 0 Å². The molecule has 0 fully saturated rings. The summed E-state index contributed by atoms with van der Waals surface area (Å²) in [5.41, 5.74) is 0.915. The zero-order valence-electron chi connectivity index (χ0n) is 17.6. The Kier molecular flexibility index (Phi) is 7.63. The third kappa shape index (κ3) is 6.20. The first-order chi connectivity index (χ1) is 9.64. The minimum absolute atomic E-state index is 0.294. The zero-order valence-corrected chi connectivity index (χ0v) is 17.6. The monoisotopic (exact) mass is 312 g/mol. The molecular formula is C20H44N2. The van der Waals surface area contributed by atoms with E-state index < -0.39 is 0 Å². The largest absolute Gasteiger partial charge is 0.316 e. The Hall–Kier alpha value is -0.0800. The van der Waals surface area contributed by atoms with Gasteiger partial charge in [0.05, 0.1) is 0 Å². The molecule has 0 radical (unpaired) electrons. The summed E-state index contributed by atoms with van der Waals surface area (Å²) in [6.45, 7) is 21.4. The molecule has 0 heterocycles. The van der Waals surface area contributed by atoms with E-state index in [2.05, 4.69) is 93.7 Å². The van der Waals surface area contributed by atoms with Crippen LogP contribution in [0.4, 0.5) is 0 Å². The quantitative estimate of drug-likeness (QED) is 0.708. The van der Waals surface area contributed by atoms with E-state index >= 15 is 0 Å². The normalized spacial score (nSPS) is 18.4. The van der Waals surface area contributed by atoms with Crippen molar-refractivity contribution in [1.29, 1.82) is 0 Å². The summed E-state index contributed by atoms with van der Waals surface area (Å²) >= 11 is 0. The number of hydrogen-bond acceptors (Lipinski definition) is 2. The molecule has 0 aliphatic heterocycles. The van der Waals surface area contributed by atoms with Crippen LogP contribution in [0.3, 0.4) is 0 Å². The Bertz CT molecular complexity index is 318. The van der Waals surface area contributed by atoms with Gasteiger partial charge >= 0.3 is 0 Å². The highest BCUT2D eigenvalue weighted by atomic mass is 15.1. The van der Waals surface area contributed by atoms with Gasteiger partial charge in [0.25, 0.3) is 0 Å². The van der Waals surface area contributed by atoms with Crippen molar-refractivity contribution in [3.63, 3.8) is 0 Å². The molecule has 2 nitrogen and oxygen atoms in total. The average molecular weight is 313 g/mol. The molecule has 0 aromatic carbocycles. The Balaban J connectivity index is 4.99. The molecule has 3 atom stereocenters. The fourth-order valence-corrected chi connectivity index (χ4v) is 5.12. The molecule has 2 heteroatoms. The van der Waals surface area contributed by atoms with E-state index in [0.29, 0.717) is 34.2 Å². The van der Waals surface area contributed by atoms with Crippen LogP contribution in [-0.2, 0) is 0 Å². The van der Waals surface area contributed by atoms with Crippen molar-refractivity contribution in [2.75, 3.05) is 21.1 Å². The van der Waals surface area contributed by atoms with Crippen LogP contribution in [0.25, 0.3) is 0 Å². The minimum atomic E-state index is 0.294. The van der Waals surface area contributed by atoms with Crippen molar-refractivity contribution in [3.05, 3.63) is 0 Å². The second-order valence-electron chi connectivity index (χ2n) is 10.4. The molecule has 0 aromatic rings. The van der Waals surface area contributed by atoms with Crippen LogP contribution < -0.4 is 5.32 Å². The van der Waals surface area contributed by atoms with Crippen molar-refractivity contribution in [2.24, 2.45) is 22.2 Å². The van der Waals surface area contributed by atoms with Gasteiger partial charge in [-0.05, 0) is 56.1 Å². The molecule has 134 valence electrons. The Morgan fingerprint density at radius 1 is 0.864 bits per heavy atom. The zero-order chi connectivity index (χ0) is 17.9. The van der Waals surface area contributed by atoms with Crippen LogP contribution >= 0.6 is 0 Å². The summed E-state index contributed by atoms with van der Waals surface area (Å²) in [6.07, 6.45) is 2.54. The summed E-state index contributed by atoms with van der Waals surface area (Å²) in [6, 6.07) is 1.14. The van der Waals surface area contributed by atoms with Gasteiger partial charge in [-0.1, -0.05) is 62.3 Å². The standard InChI is InChI=1S/C20H44N2/c1-15(16(21-10)18(2,3)4)13-14-20(8,9)17(22(11)12)19(5,6)7/h15-17,21H,13-14H2,1-12H3. The molecule has 3 unspecified atom stereocenters. The second-order valence-corrected chi connectivity index (χ2v) is 10.4. The molecule has 0 saturated heterocycles. The van der Waals surface area contributed by atoms with Crippen LogP contribution in [0.2, 0.25) is 0 Å². The SMILES string of the molecule is CNC(C(C)CCC(C)(C)C(N(C)C)C(C)(C)C)C(C)(C)C. The molecule has 0 spiro atoms. The Labute approximate surface area is 141 Å². The Morgan fingerprint density at radius 2 is 1.32 bits per heavy atom. The lowest BCUT2D eigenvalue weighted by Gasteiger charge is -2.47. The summed E-state index contributed by atoms with van der Waals surface area (Å²) < 4.78 is 0. The highest BCUT2D eigenvalue weighted by molar-refractivity contribution is 4.93. The average Bonchev–Trinajstić information content (AvgIpc) is 2.21. The maximum Gasteiger partial charge on any atom is 0.0189 e. The summed E-state index contributed by atoms with van der Waals surface area (Å²) in [7, 11) is 6.56. The summed E-state index contributed by atoms with van der Waals surface area (Å²) in [5, 5.41) is 3.55. The molecule has 0 rings (SSSR count). The molecule has 1 N–H and O–H groups in total. The number of nitrogens with zero attached hydrogens (tertiary/aromatic N) is 1. The van der Waals surface area contributed by atoms with Gasteiger partial charge in [-0.3, -0.25) is 0 Å². The van der Waals surface area contributed by atoms with E-state index in [1.165, 1.54) is 12.8 Å². The van der Waals surface area contributed by atoms with Gasteiger partial charge in [0.15, 0.2) is 0 Å². The van der Waals surface area contributed by atoms with Gasteiger partial charge in [0.2, 0.25) is 0 Å². The first kappa shape index (κ1) is 21.9. The number of hydrogen-bond donors (Lipinski definition) is 1. The van der Waals surface area contributed by atoms with Crippen LogP contribution in [0.15, 0.2) is 0 Å². The molecule has 22 heavy (non-hydrogen) atoms. The molecule has 0 aromatic heterocycles. The smallest absolute Gasteiger partial charge is 0.0189 e. The molecule has 0 saturated carbocycles. The fraction of sp³-hybridized carbons (Fsp3) is 1.00. The predicted molar refractivity (Wildman–Crippen MR) is 101 cm³/mol. The van der Waals surface area contributed by atoms with E-state index in [1.54, 1.807) is 0 Å². The first-order valence-electron chi connectivity index (χ1n) is 8.98. The first-order valence-corrected chi connectivity index (χ1v) is 8.98. The topological polar surface area (TPSA) is 15.3 Å². The maximum absolute atomic E-state index is 3.55. The lowest BCUT2D eigenvalue weighted by Crippen LogP contribution is -2.50. The highest BCUT2D eigenvalue weighted by Crippen LogP contribution is 2.41. The van der Waals surface area contributed by atoms with Gasteiger partial charge in [0, 0.05) is 12.1 Å². The van der Waals surface area contributed by atoms with Crippen LogP contribution in [0.1, 0.15) is 75.2 Å². The van der Waals surface area contributed by atoms with Crippen molar-refractivity contribution < 1.29 is 0 Å². The second kappa shape index (κ2) is 7.66. The van der Waals surface area contributed by atoms with Crippen molar-refractivity contribution in [2.45, 2.75) is 87.2 Å². The molecule has 0 bridgehead atoms. The molecule has 0 aliphatic rings. The third-order valence-corrected chi connectivity index (χ3v) is 5.13. The van der Waals surface area contributed by atoms with E-state index in [1.807, 2.05) is 0 Å². The van der Waals surface area contributed by atoms with Gasteiger partial charge in [-0.25, -0.2) is 0 Å². The maximum atomic E-state index is 3.55. The van der Waals surface area contributed by atoms with Crippen molar-refractivity contribution in [3.8, 4) is 0 Å². The van der Waals surface area contributed by atoms with Crippen LogP contribution in [-0.4, -0.2) is 38.1 Å². The highest BCUT2D eigenvalue weighted by Gasteiger charge is 2.40. The summed E-state index contributed by atoms with van der Waals surface area (Å²) in [4.78, 5) is 2.42. The number of nitrogens with one attached hydrogen (secondary N) is 1. The lowest BCUT2D eigenvalue weighted by atomic mass is 9.66. The third-order valence-electron chi connectivity index (χ3n) is 5.13. The van der Waals surface area contributed by atoms with Gasteiger partial charge in [-0.2, -0.15) is 0 Å².